The summed E-state index contributed by atoms with van der Waals surface area (Å²) < 4.78 is 1.26. The van der Waals surface area contributed by atoms with Crippen molar-refractivity contribution in [3.05, 3.63) is 20.8 Å². The van der Waals surface area contributed by atoms with Crippen LogP contribution in [0.4, 0.5) is 0 Å². The first-order valence-electron chi connectivity index (χ1n) is 4.94. The largest absolute Gasteiger partial charge is 0.312 e. The fourth-order valence-corrected chi connectivity index (χ4v) is 2.76. The molecule has 1 rings (SSSR count). The fraction of sp³-hybridized carbons (Fsp3) is 0.636. The van der Waals surface area contributed by atoms with Gasteiger partial charge in [-0.2, -0.15) is 11.3 Å². The Morgan fingerprint density at radius 2 is 2.07 bits per heavy atom. The molecule has 1 N–H and O–H groups in total. The molecule has 3 heteroatoms. The minimum Gasteiger partial charge on any atom is -0.312 e. The van der Waals surface area contributed by atoms with Crippen molar-refractivity contribution >= 4 is 27.3 Å². The van der Waals surface area contributed by atoms with Crippen LogP contribution in [0.5, 0.6) is 0 Å². The van der Waals surface area contributed by atoms with E-state index in [1.807, 2.05) is 0 Å². The summed E-state index contributed by atoms with van der Waals surface area (Å²) in [6.07, 6.45) is 2.36. The predicted octanol–water partition coefficient (Wildman–Crippen LogP) is 3.83. The second-order valence-corrected chi connectivity index (χ2v) is 6.12. The van der Waals surface area contributed by atoms with E-state index < -0.39 is 0 Å². The van der Waals surface area contributed by atoms with Gasteiger partial charge in [0.1, 0.15) is 0 Å². The third-order valence-corrected chi connectivity index (χ3v) is 3.80. The van der Waals surface area contributed by atoms with Crippen LogP contribution >= 0.6 is 27.3 Å². The molecule has 0 fully saturated rings. The lowest BCUT2D eigenvalue weighted by Gasteiger charge is -2.20. The van der Waals surface area contributed by atoms with E-state index in [9.17, 15) is 0 Å². The van der Waals surface area contributed by atoms with Crippen molar-refractivity contribution in [2.75, 3.05) is 6.54 Å². The Morgan fingerprint density at radius 3 is 2.57 bits per heavy atom. The van der Waals surface area contributed by atoms with Crippen LogP contribution in [-0.2, 0) is 6.42 Å². The molecule has 0 aliphatic carbocycles. The summed E-state index contributed by atoms with van der Waals surface area (Å²) >= 11 is 5.31. The van der Waals surface area contributed by atoms with Gasteiger partial charge in [0.25, 0.3) is 0 Å². The van der Waals surface area contributed by atoms with Crippen molar-refractivity contribution in [2.24, 2.45) is 0 Å². The fourth-order valence-electron chi connectivity index (χ4n) is 1.23. The lowest BCUT2D eigenvalue weighted by molar-refractivity contribution is 0.422. The molecule has 0 atom stereocenters. The summed E-state index contributed by atoms with van der Waals surface area (Å²) in [5, 5.41) is 7.86. The number of hydrogen-bond acceptors (Lipinski definition) is 2. The van der Waals surface area contributed by atoms with Gasteiger partial charge >= 0.3 is 0 Å². The van der Waals surface area contributed by atoms with E-state index in [0.717, 1.165) is 13.0 Å². The van der Waals surface area contributed by atoms with Crippen molar-refractivity contribution in [1.82, 2.24) is 5.32 Å². The molecule has 0 amide bonds. The molecule has 0 saturated carbocycles. The van der Waals surface area contributed by atoms with E-state index in [-0.39, 0.29) is 5.54 Å². The molecule has 14 heavy (non-hydrogen) atoms. The SMILES string of the molecule is CC(C)(C)NCCCc1cscc1Br. The first kappa shape index (κ1) is 12.2. The maximum atomic E-state index is 3.55. The minimum atomic E-state index is 0.242. The van der Waals surface area contributed by atoms with Crippen LogP contribution in [0.25, 0.3) is 0 Å². The highest BCUT2D eigenvalue weighted by Crippen LogP contribution is 2.22. The molecule has 0 aliphatic rings. The zero-order chi connectivity index (χ0) is 10.6. The van der Waals surface area contributed by atoms with Crippen molar-refractivity contribution in [3.8, 4) is 0 Å². The Balaban J connectivity index is 2.20. The van der Waals surface area contributed by atoms with Gasteiger partial charge < -0.3 is 5.32 Å². The molecule has 1 aromatic rings. The Morgan fingerprint density at radius 1 is 1.36 bits per heavy atom. The highest BCUT2D eigenvalue weighted by molar-refractivity contribution is 9.10. The van der Waals surface area contributed by atoms with Crippen molar-refractivity contribution in [1.29, 1.82) is 0 Å². The number of hydrogen-bond donors (Lipinski definition) is 1. The zero-order valence-corrected chi connectivity index (χ0v) is 11.5. The van der Waals surface area contributed by atoms with Crippen LogP contribution in [0, 0.1) is 0 Å². The van der Waals surface area contributed by atoms with Crippen LogP contribution in [-0.4, -0.2) is 12.1 Å². The van der Waals surface area contributed by atoms with Gasteiger partial charge in [0, 0.05) is 15.4 Å². The molecule has 0 spiro atoms. The van der Waals surface area contributed by atoms with Gasteiger partial charge in [-0.3, -0.25) is 0 Å². The summed E-state index contributed by atoms with van der Waals surface area (Å²) in [4.78, 5) is 0. The minimum absolute atomic E-state index is 0.242. The van der Waals surface area contributed by atoms with Crippen LogP contribution < -0.4 is 5.32 Å². The summed E-state index contributed by atoms with van der Waals surface area (Å²) in [7, 11) is 0. The van der Waals surface area contributed by atoms with E-state index in [1.54, 1.807) is 11.3 Å². The first-order valence-corrected chi connectivity index (χ1v) is 6.68. The molecule has 1 heterocycles. The van der Waals surface area contributed by atoms with E-state index in [2.05, 4.69) is 52.8 Å². The Bertz CT molecular complexity index is 275. The molecule has 0 saturated heterocycles. The van der Waals surface area contributed by atoms with Crippen molar-refractivity contribution < 1.29 is 0 Å². The first-order chi connectivity index (χ1) is 6.49. The molecule has 1 aromatic heterocycles. The van der Waals surface area contributed by atoms with E-state index >= 15 is 0 Å². The van der Waals surface area contributed by atoms with Gasteiger partial charge in [0.05, 0.1) is 0 Å². The standard InChI is InChI=1S/C11H18BrNS/c1-11(2,3)13-6-4-5-9-7-14-8-10(9)12/h7-8,13H,4-6H2,1-3H3. The highest BCUT2D eigenvalue weighted by atomic mass is 79.9. The smallest absolute Gasteiger partial charge is 0.0314 e. The second-order valence-electron chi connectivity index (χ2n) is 4.53. The average Bonchev–Trinajstić information content (AvgIpc) is 2.44. The van der Waals surface area contributed by atoms with Gasteiger partial charge in [-0.25, -0.2) is 0 Å². The Hall–Kier alpha value is 0.140. The van der Waals surface area contributed by atoms with Crippen LogP contribution in [0.3, 0.4) is 0 Å². The van der Waals surface area contributed by atoms with E-state index in [0.29, 0.717) is 0 Å². The molecule has 0 unspecified atom stereocenters. The summed E-state index contributed by atoms with van der Waals surface area (Å²) in [6.45, 7) is 7.69. The monoisotopic (exact) mass is 275 g/mol. The Labute approximate surface area is 99.0 Å². The number of thiophene rings is 1. The molecule has 0 bridgehead atoms. The van der Waals surface area contributed by atoms with E-state index in [4.69, 9.17) is 0 Å². The Kier molecular flexibility index (Phi) is 4.61. The second kappa shape index (κ2) is 5.29. The molecular formula is C11H18BrNS. The summed E-state index contributed by atoms with van der Waals surface area (Å²) in [5.74, 6) is 0. The normalized spacial score (nSPS) is 12.0. The van der Waals surface area contributed by atoms with Crippen LogP contribution in [0.2, 0.25) is 0 Å². The number of rotatable bonds is 4. The van der Waals surface area contributed by atoms with Crippen LogP contribution in [0.1, 0.15) is 32.8 Å². The third-order valence-electron chi connectivity index (χ3n) is 1.97. The quantitative estimate of drug-likeness (QED) is 0.824. The molecular weight excluding hydrogens is 258 g/mol. The lowest BCUT2D eigenvalue weighted by Crippen LogP contribution is -2.36. The number of aryl methyl sites for hydroxylation is 1. The predicted molar refractivity (Wildman–Crippen MR) is 68.1 cm³/mol. The average molecular weight is 276 g/mol. The third kappa shape index (κ3) is 4.58. The molecule has 80 valence electrons. The zero-order valence-electron chi connectivity index (χ0n) is 9.06. The highest BCUT2D eigenvalue weighted by Gasteiger charge is 2.07. The molecule has 0 aliphatic heterocycles. The molecule has 0 aromatic carbocycles. The van der Waals surface area contributed by atoms with Gasteiger partial charge in [-0.1, -0.05) is 0 Å². The number of halogens is 1. The maximum Gasteiger partial charge on any atom is 0.0314 e. The molecule has 1 nitrogen and oxygen atoms in total. The van der Waals surface area contributed by atoms with Gasteiger partial charge in [-0.05, 0) is 67.0 Å². The maximum absolute atomic E-state index is 3.55. The van der Waals surface area contributed by atoms with Gasteiger partial charge in [-0.15, -0.1) is 0 Å². The van der Waals surface area contributed by atoms with Gasteiger partial charge in [0.15, 0.2) is 0 Å². The molecule has 0 radical (unpaired) electrons. The number of nitrogens with one attached hydrogen (secondary N) is 1. The van der Waals surface area contributed by atoms with Crippen molar-refractivity contribution in [3.63, 3.8) is 0 Å². The summed E-state index contributed by atoms with van der Waals surface area (Å²) in [5.41, 5.74) is 1.68. The lowest BCUT2D eigenvalue weighted by atomic mass is 10.1. The van der Waals surface area contributed by atoms with E-state index in [1.165, 1.54) is 16.5 Å². The summed E-state index contributed by atoms with van der Waals surface area (Å²) in [6, 6.07) is 0. The van der Waals surface area contributed by atoms with Gasteiger partial charge in [0.2, 0.25) is 0 Å². The topological polar surface area (TPSA) is 12.0 Å². The van der Waals surface area contributed by atoms with Crippen molar-refractivity contribution in [2.45, 2.75) is 39.2 Å². The van der Waals surface area contributed by atoms with Crippen LogP contribution in [0.15, 0.2) is 15.2 Å².